The van der Waals surface area contributed by atoms with Crippen LogP contribution in [0.1, 0.15) is 17.5 Å². The summed E-state index contributed by atoms with van der Waals surface area (Å²) >= 11 is 0. The van der Waals surface area contributed by atoms with Crippen LogP contribution in [-0.2, 0) is 12.7 Å². The first kappa shape index (κ1) is 16.5. The topological polar surface area (TPSA) is 49.6 Å². The van der Waals surface area contributed by atoms with Gasteiger partial charge in [0.25, 0.3) is 0 Å². The molecule has 5 rings (SSSR count). The van der Waals surface area contributed by atoms with Crippen LogP contribution < -0.4 is 4.90 Å². The Labute approximate surface area is 153 Å². The van der Waals surface area contributed by atoms with E-state index in [-0.39, 0.29) is 0 Å². The highest BCUT2D eigenvalue weighted by Crippen LogP contribution is 2.36. The maximum atomic E-state index is 12.7. The van der Waals surface area contributed by atoms with Crippen LogP contribution in [0.4, 0.5) is 19.0 Å². The monoisotopic (exact) mass is 374 g/mol. The van der Waals surface area contributed by atoms with E-state index in [0.717, 1.165) is 48.7 Å². The molecule has 2 unspecified atom stereocenters. The minimum atomic E-state index is -4.29. The summed E-state index contributed by atoms with van der Waals surface area (Å²) in [5.41, 5.74) is 1.05. The molecular formula is C18H17F3N6. The molecule has 9 heteroatoms. The highest BCUT2D eigenvalue weighted by Gasteiger charge is 2.44. The molecule has 6 nitrogen and oxygen atoms in total. The minimum Gasteiger partial charge on any atom is -0.348 e. The SMILES string of the molecule is FC(F)(F)c1ccc(CN2CC3CC2CN3c2nccn3cnnc23)cc1. The number of rotatable bonds is 3. The first-order chi connectivity index (χ1) is 13.0. The molecule has 140 valence electrons. The lowest BCUT2D eigenvalue weighted by Crippen LogP contribution is -2.46. The molecule has 3 aromatic rings. The molecule has 0 N–H and O–H groups in total. The van der Waals surface area contributed by atoms with E-state index < -0.39 is 11.7 Å². The second kappa shape index (κ2) is 5.91. The van der Waals surface area contributed by atoms with Crippen LogP contribution in [0.5, 0.6) is 0 Å². The van der Waals surface area contributed by atoms with Crippen LogP contribution >= 0.6 is 0 Å². The number of benzene rings is 1. The van der Waals surface area contributed by atoms with Gasteiger partial charge in [-0.1, -0.05) is 12.1 Å². The van der Waals surface area contributed by atoms with E-state index in [2.05, 4.69) is 25.0 Å². The van der Waals surface area contributed by atoms with Crippen LogP contribution in [0.3, 0.4) is 0 Å². The van der Waals surface area contributed by atoms with E-state index in [0.29, 0.717) is 18.6 Å². The Morgan fingerprint density at radius 2 is 1.89 bits per heavy atom. The van der Waals surface area contributed by atoms with Gasteiger partial charge in [-0.15, -0.1) is 10.2 Å². The Kier molecular flexibility index (Phi) is 3.61. The number of piperazine rings is 1. The summed E-state index contributed by atoms with van der Waals surface area (Å²) < 4.78 is 40.0. The lowest BCUT2D eigenvalue weighted by Gasteiger charge is -2.34. The third kappa shape index (κ3) is 2.82. The third-order valence-electron chi connectivity index (χ3n) is 5.49. The van der Waals surface area contributed by atoms with Crippen molar-refractivity contribution >= 4 is 11.5 Å². The normalized spacial score (nSPS) is 22.9. The van der Waals surface area contributed by atoms with Gasteiger partial charge in [0, 0.05) is 44.1 Å². The lowest BCUT2D eigenvalue weighted by molar-refractivity contribution is -0.137. The summed E-state index contributed by atoms with van der Waals surface area (Å²) in [5, 5.41) is 8.11. The van der Waals surface area contributed by atoms with Crippen molar-refractivity contribution in [3.05, 3.63) is 54.1 Å². The van der Waals surface area contributed by atoms with Gasteiger partial charge in [-0.3, -0.25) is 9.30 Å². The molecule has 0 radical (unpaired) electrons. The van der Waals surface area contributed by atoms with Crippen molar-refractivity contribution in [1.29, 1.82) is 0 Å². The highest BCUT2D eigenvalue weighted by molar-refractivity contribution is 5.64. The zero-order valence-electron chi connectivity index (χ0n) is 14.3. The van der Waals surface area contributed by atoms with Crippen molar-refractivity contribution in [2.45, 2.75) is 31.2 Å². The molecule has 2 aliphatic heterocycles. The fraction of sp³-hybridized carbons (Fsp3) is 0.389. The standard InChI is InChI=1S/C18H17F3N6/c19-18(20,21)13-3-1-12(2-4-13)8-26-9-15-7-14(26)10-27(15)16-17-24-23-11-25(17)6-5-22-16/h1-6,11,14-15H,7-10H2. The second-order valence-corrected chi connectivity index (χ2v) is 7.13. The van der Waals surface area contributed by atoms with E-state index >= 15 is 0 Å². The summed E-state index contributed by atoms with van der Waals surface area (Å²) in [6, 6.07) is 6.16. The Bertz CT molecular complexity index is 967. The van der Waals surface area contributed by atoms with Crippen LogP contribution in [0, 0.1) is 0 Å². The first-order valence-electron chi connectivity index (χ1n) is 8.80. The smallest absolute Gasteiger partial charge is 0.348 e. The molecule has 2 bridgehead atoms. The molecule has 27 heavy (non-hydrogen) atoms. The molecule has 2 aromatic heterocycles. The van der Waals surface area contributed by atoms with Gasteiger partial charge in [-0.2, -0.15) is 13.2 Å². The number of hydrogen-bond donors (Lipinski definition) is 0. The molecule has 0 amide bonds. The van der Waals surface area contributed by atoms with Crippen molar-refractivity contribution in [2.24, 2.45) is 0 Å². The number of halogens is 3. The van der Waals surface area contributed by atoms with E-state index in [1.165, 1.54) is 0 Å². The lowest BCUT2D eigenvalue weighted by atomic mass is 10.1. The zero-order valence-corrected chi connectivity index (χ0v) is 14.3. The number of alkyl halides is 3. The number of hydrogen-bond acceptors (Lipinski definition) is 5. The fourth-order valence-corrected chi connectivity index (χ4v) is 4.18. The minimum absolute atomic E-state index is 0.333. The third-order valence-corrected chi connectivity index (χ3v) is 5.49. The largest absolute Gasteiger partial charge is 0.416 e. The fourth-order valence-electron chi connectivity index (χ4n) is 4.18. The van der Waals surface area contributed by atoms with Crippen LogP contribution in [0.25, 0.3) is 5.65 Å². The predicted octanol–water partition coefficient (Wildman–Crippen LogP) is 2.61. The summed E-state index contributed by atoms with van der Waals surface area (Å²) in [5.74, 6) is 0.844. The van der Waals surface area contributed by atoms with Crippen molar-refractivity contribution in [1.82, 2.24) is 24.5 Å². The van der Waals surface area contributed by atoms with Gasteiger partial charge >= 0.3 is 6.18 Å². The average molecular weight is 374 g/mol. The average Bonchev–Trinajstić information content (AvgIpc) is 3.36. The molecule has 4 heterocycles. The molecule has 0 saturated carbocycles. The molecule has 2 atom stereocenters. The number of nitrogens with zero attached hydrogens (tertiary/aromatic N) is 6. The van der Waals surface area contributed by atoms with Crippen LogP contribution in [0.15, 0.2) is 43.0 Å². The van der Waals surface area contributed by atoms with Crippen molar-refractivity contribution in [2.75, 3.05) is 18.0 Å². The summed E-state index contributed by atoms with van der Waals surface area (Å²) in [6.45, 7) is 2.36. The van der Waals surface area contributed by atoms with Gasteiger partial charge in [-0.05, 0) is 24.1 Å². The maximum absolute atomic E-state index is 12.7. The number of fused-ring (bicyclic) bond motifs is 3. The Hall–Kier alpha value is -2.68. The quantitative estimate of drug-likeness (QED) is 0.705. The Morgan fingerprint density at radius 1 is 1.07 bits per heavy atom. The molecule has 1 aromatic carbocycles. The summed E-state index contributed by atoms with van der Waals surface area (Å²) in [6.07, 6.45) is 1.96. The van der Waals surface area contributed by atoms with Crippen LogP contribution in [0.2, 0.25) is 0 Å². The van der Waals surface area contributed by atoms with Crippen molar-refractivity contribution < 1.29 is 13.2 Å². The second-order valence-electron chi connectivity index (χ2n) is 7.13. The maximum Gasteiger partial charge on any atom is 0.416 e. The summed E-state index contributed by atoms with van der Waals surface area (Å²) in [7, 11) is 0. The molecule has 2 saturated heterocycles. The molecule has 2 aliphatic rings. The van der Waals surface area contributed by atoms with Gasteiger partial charge in [0.2, 0.25) is 5.65 Å². The Balaban J connectivity index is 1.30. The molecule has 0 aliphatic carbocycles. The van der Waals surface area contributed by atoms with Gasteiger partial charge in [0.05, 0.1) is 5.56 Å². The number of aromatic nitrogens is 4. The van der Waals surface area contributed by atoms with Crippen molar-refractivity contribution in [3.8, 4) is 0 Å². The van der Waals surface area contributed by atoms with Crippen LogP contribution in [-0.4, -0.2) is 49.7 Å². The zero-order chi connectivity index (χ0) is 18.6. The predicted molar refractivity (Wildman–Crippen MR) is 92.2 cm³/mol. The number of likely N-dealkylation sites (tertiary alicyclic amines) is 1. The van der Waals surface area contributed by atoms with E-state index in [1.807, 2.05) is 10.6 Å². The number of anilines is 1. The molecular weight excluding hydrogens is 357 g/mol. The molecule has 2 fully saturated rings. The van der Waals surface area contributed by atoms with E-state index in [1.54, 1.807) is 24.7 Å². The summed E-state index contributed by atoms with van der Waals surface area (Å²) in [4.78, 5) is 9.12. The van der Waals surface area contributed by atoms with Gasteiger partial charge in [-0.25, -0.2) is 4.98 Å². The van der Waals surface area contributed by atoms with Gasteiger partial charge < -0.3 is 4.90 Å². The van der Waals surface area contributed by atoms with E-state index in [4.69, 9.17) is 0 Å². The Morgan fingerprint density at radius 3 is 2.59 bits per heavy atom. The van der Waals surface area contributed by atoms with E-state index in [9.17, 15) is 13.2 Å². The highest BCUT2D eigenvalue weighted by atomic mass is 19.4. The first-order valence-corrected chi connectivity index (χ1v) is 8.80. The molecule has 0 spiro atoms. The van der Waals surface area contributed by atoms with Crippen molar-refractivity contribution in [3.63, 3.8) is 0 Å². The van der Waals surface area contributed by atoms with Gasteiger partial charge in [0.1, 0.15) is 6.33 Å². The van der Waals surface area contributed by atoms with Gasteiger partial charge in [0.15, 0.2) is 5.82 Å².